The quantitative estimate of drug-likeness (QED) is 0.652. The first-order chi connectivity index (χ1) is 14.0. The van der Waals surface area contributed by atoms with Gasteiger partial charge in [-0.05, 0) is 57.0 Å². The molecule has 3 fully saturated rings. The molecule has 168 valence electrons. The number of rotatable bonds is 6. The van der Waals surface area contributed by atoms with Crippen molar-refractivity contribution in [2.75, 3.05) is 65.4 Å². The SMILES string of the molecule is Cl.O=C(c1cccc(S(=O)(=O)N2CCCC2)c1)N1CCN(CCN2CCCC2)CC1. The maximum Gasteiger partial charge on any atom is 0.253 e. The summed E-state index contributed by atoms with van der Waals surface area (Å²) < 4.78 is 27.1. The number of likely N-dealkylation sites (tertiary alicyclic amines) is 1. The highest BCUT2D eigenvalue weighted by Crippen LogP contribution is 2.22. The van der Waals surface area contributed by atoms with Crippen LogP contribution < -0.4 is 0 Å². The second kappa shape index (κ2) is 10.4. The molecular weight excluding hydrogens is 424 g/mol. The Labute approximate surface area is 186 Å². The number of halogens is 1. The summed E-state index contributed by atoms with van der Waals surface area (Å²) in [6.45, 7) is 8.90. The Hall–Kier alpha value is -1.19. The number of benzene rings is 1. The molecule has 0 radical (unpaired) electrons. The van der Waals surface area contributed by atoms with E-state index in [2.05, 4.69) is 9.80 Å². The number of hydrogen-bond acceptors (Lipinski definition) is 5. The number of piperazine rings is 1. The van der Waals surface area contributed by atoms with E-state index in [0.717, 1.165) is 39.0 Å². The van der Waals surface area contributed by atoms with Crippen LogP contribution in [0, 0.1) is 0 Å². The summed E-state index contributed by atoms with van der Waals surface area (Å²) in [5.74, 6) is -0.0670. The van der Waals surface area contributed by atoms with Crippen molar-refractivity contribution >= 4 is 28.3 Å². The molecule has 9 heteroatoms. The van der Waals surface area contributed by atoms with E-state index in [0.29, 0.717) is 31.7 Å². The molecule has 3 aliphatic rings. The van der Waals surface area contributed by atoms with E-state index in [4.69, 9.17) is 0 Å². The van der Waals surface area contributed by atoms with Crippen molar-refractivity contribution in [2.45, 2.75) is 30.6 Å². The average molecular weight is 457 g/mol. The Morgan fingerprint density at radius 1 is 0.800 bits per heavy atom. The minimum Gasteiger partial charge on any atom is -0.336 e. The topological polar surface area (TPSA) is 64.2 Å². The van der Waals surface area contributed by atoms with Gasteiger partial charge in [0.05, 0.1) is 4.90 Å². The first-order valence-corrected chi connectivity index (χ1v) is 12.3. The van der Waals surface area contributed by atoms with E-state index >= 15 is 0 Å². The molecule has 0 atom stereocenters. The summed E-state index contributed by atoms with van der Waals surface area (Å²) in [5.41, 5.74) is 0.468. The lowest BCUT2D eigenvalue weighted by Gasteiger charge is -2.35. The molecule has 3 aliphatic heterocycles. The largest absolute Gasteiger partial charge is 0.336 e. The van der Waals surface area contributed by atoms with Crippen LogP contribution in [0.1, 0.15) is 36.0 Å². The number of carbonyl (C=O) groups excluding carboxylic acids is 1. The Balaban J connectivity index is 0.00000256. The monoisotopic (exact) mass is 456 g/mol. The standard InChI is InChI=1S/C21H32N4O3S.ClH/c26-21(24-16-14-23(15-17-24)13-12-22-8-1-2-9-22)19-6-5-7-20(18-19)29(27,28)25-10-3-4-11-25;/h5-7,18H,1-4,8-17H2;1H. The maximum atomic E-state index is 13.0. The van der Waals surface area contributed by atoms with Crippen LogP contribution in [0.5, 0.6) is 0 Å². The zero-order valence-corrected chi connectivity index (χ0v) is 19.2. The molecule has 0 N–H and O–H groups in total. The fraction of sp³-hybridized carbons (Fsp3) is 0.667. The van der Waals surface area contributed by atoms with Crippen molar-refractivity contribution in [1.82, 2.24) is 19.0 Å². The lowest BCUT2D eigenvalue weighted by Crippen LogP contribution is -2.50. The summed E-state index contributed by atoms with van der Waals surface area (Å²) in [4.78, 5) is 20.0. The van der Waals surface area contributed by atoms with Crippen LogP contribution in [0.2, 0.25) is 0 Å². The van der Waals surface area contributed by atoms with Gasteiger partial charge in [-0.3, -0.25) is 9.69 Å². The average Bonchev–Trinajstić information content (AvgIpc) is 3.46. The van der Waals surface area contributed by atoms with Gasteiger partial charge in [-0.25, -0.2) is 8.42 Å². The molecule has 7 nitrogen and oxygen atoms in total. The van der Waals surface area contributed by atoms with Gasteiger partial charge in [-0.2, -0.15) is 4.31 Å². The van der Waals surface area contributed by atoms with Crippen LogP contribution >= 0.6 is 12.4 Å². The van der Waals surface area contributed by atoms with Crippen molar-refractivity contribution in [3.63, 3.8) is 0 Å². The summed E-state index contributed by atoms with van der Waals surface area (Å²) in [5, 5.41) is 0. The number of amides is 1. The fourth-order valence-electron chi connectivity index (χ4n) is 4.51. The molecule has 0 unspecified atom stereocenters. The van der Waals surface area contributed by atoms with E-state index < -0.39 is 10.0 Å². The van der Waals surface area contributed by atoms with Gasteiger partial charge in [0, 0.05) is 57.9 Å². The van der Waals surface area contributed by atoms with Crippen molar-refractivity contribution in [3.05, 3.63) is 29.8 Å². The van der Waals surface area contributed by atoms with E-state index in [-0.39, 0.29) is 23.2 Å². The molecular formula is C21H33ClN4O3S. The van der Waals surface area contributed by atoms with E-state index in [1.165, 1.54) is 30.2 Å². The van der Waals surface area contributed by atoms with Gasteiger partial charge in [-0.15, -0.1) is 12.4 Å². The minimum absolute atomic E-state index is 0. The zero-order chi connectivity index (χ0) is 20.3. The molecule has 0 spiro atoms. The van der Waals surface area contributed by atoms with Gasteiger partial charge in [0.2, 0.25) is 10.0 Å². The Bertz CT molecular complexity index is 815. The third-order valence-corrected chi connectivity index (χ3v) is 8.27. The van der Waals surface area contributed by atoms with E-state index in [1.807, 2.05) is 4.90 Å². The van der Waals surface area contributed by atoms with Crippen molar-refractivity contribution in [1.29, 1.82) is 0 Å². The summed E-state index contributed by atoms with van der Waals surface area (Å²) >= 11 is 0. The fourth-order valence-corrected chi connectivity index (χ4v) is 6.08. The van der Waals surface area contributed by atoms with Crippen molar-refractivity contribution in [3.8, 4) is 0 Å². The maximum absolute atomic E-state index is 13.0. The predicted molar refractivity (Wildman–Crippen MR) is 120 cm³/mol. The van der Waals surface area contributed by atoms with Crippen molar-refractivity contribution in [2.24, 2.45) is 0 Å². The molecule has 0 bridgehead atoms. The molecule has 3 saturated heterocycles. The molecule has 3 heterocycles. The smallest absolute Gasteiger partial charge is 0.253 e. The number of sulfonamides is 1. The van der Waals surface area contributed by atoms with Gasteiger partial charge in [0.1, 0.15) is 0 Å². The molecule has 30 heavy (non-hydrogen) atoms. The molecule has 0 aromatic heterocycles. The lowest BCUT2D eigenvalue weighted by atomic mass is 10.2. The first kappa shape index (κ1) is 23.5. The van der Waals surface area contributed by atoms with Crippen LogP contribution in [0.4, 0.5) is 0 Å². The van der Waals surface area contributed by atoms with Crippen LogP contribution in [0.3, 0.4) is 0 Å². The minimum atomic E-state index is -3.50. The highest BCUT2D eigenvalue weighted by Gasteiger charge is 2.29. The second-order valence-corrected chi connectivity index (χ2v) is 10.3. The Kier molecular flexibility index (Phi) is 8.15. The number of carbonyl (C=O) groups is 1. The first-order valence-electron chi connectivity index (χ1n) is 10.9. The summed E-state index contributed by atoms with van der Waals surface area (Å²) in [6, 6.07) is 6.56. The normalized spacial score (nSPS) is 21.7. The second-order valence-electron chi connectivity index (χ2n) is 8.32. The third kappa shape index (κ3) is 5.34. The number of hydrogen-bond donors (Lipinski definition) is 0. The number of nitrogens with zero attached hydrogens (tertiary/aromatic N) is 4. The molecule has 0 aliphatic carbocycles. The van der Waals surface area contributed by atoms with E-state index in [9.17, 15) is 13.2 Å². The highest BCUT2D eigenvalue weighted by atomic mass is 35.5. The van der Waals surface area contributed by atoms with Gasteiger partial charge < -0.3 is 9.80 Å². The molecule has 0 saturated carbocycles. The van der Waals surface area contributed by atoms with Crippen molar-refractivity contribution < 1.29 is 13.2 Å². The van der Waals surface area contributed by atoms with E-state index in [1.54, 1.807) is 24.3 Å². The molecule has 4 rings (SSSR count). The Morgan fingerprint density at radius 2 is 1.37 bits per heavy atom. The van der Waals surface area contributed by atoms with Gasteiger partial charge in [-0.1, -0.05) is 6.07 Å². The summed E-state index contributed by atoms with van der Waals surface area (Å²) in [7, 11) is -3.50. The molecule has 1 amide bonds. The lowest BCUT2D eigenvalue weighted by molar-refractivity contribution is 0.0626. The predicted octanol–water partition coefficient (Wildman–Crippen LogP) is 1.75. The molecule has 1 aromatic carbocycles. The third-order valence-electron chi connectivity index (χ3n) is 6.37. The van der Waals surface area contributed by atoms with Crippen LogP contribution in [0.15, 0.2) is 29.2 Å². The van der Waals surface area contributed by atoms with Crippen LogP contribution in [0.25, 0.3) is 0 Å². The van der Waals surface area contributed by atoms with Gasteiger partial charge in [0.15, 0.2) is 0 Å². The highest BCUT2D eigenvalue weighted by molar-refractivity contribution is 7.89. The molecule has 1 aromatic rings. The Morgan fingerprint density at radius 3 is 2.00 bits per heavy atom. The zero-order valence-electron chi connectivity index (χ0n) is 17.5. The van der Waals surface area contributed by atoms with Crippen LogP contribution in [-0.2, 0) is 10.0 Å². The van der Waals surface area contributed by atoms with Gasteiger partial charge in [0.25, 0.3) is 5.91 Å². The van der Waals surface area contributed by atoms with Crippen LogP contribution in [-0.4, -0.2) is 98.8 Å². The summed E-state index contributed by atoms with van der Waals surface area (Å²) in [6.07, 6.45) is 4.43. The van der Waals surface area contributed by atoms with Gasteiger partial charge >= 0.3 is 0 Å².